The second-order valence-corrected chi connectivity index (χ2v) is 15.8. The van der Waals surface area contributed by atoms with Crippen LogP contribution in [-0.2, 0) is 17.1 Å². The number of hydrogen-bond donors (Lipinski definition) is 2. The van der Waals surface area contributed by atoms with Crippen LogP contribution in [0.5, 0.6) is 0 Å². The molecule has 25 heavy (non-hydrogen) atoms. The zero-order valence-electron chi connectivity index (χ0n) is 16.7. The Hall–Kier alpha value is -0.903. The Bertz CT molecular complexity index is 694. The number of anilines is 1. The lowest BCUT2D eigenvalue weighted by molar-refractivity contribution is 0.253. The molecule has 0 spiro atoms. The van der Waals surface area contributed by atoms with Gasteiger partial charge in [-0.05, 0) is 31.5 Å². The highest BCUT2D eigenvalue weighted by atomic mass is 32.2. The van der Waals surface area contributed by atoms with Gasteiger partial charge in [0, 0.05) is 19.8 Å². The number of hydrogen-bond acceptors (Lipinski definition) is 4. The summed E-state index contributed by atoms with van der Waals surface area (Å²) in [6.07, 6.45) is 5.56. The zero-order valence-corrected chi connectivity index (χ0v) is 18.5. The van der Waals surface area contributed by atoms with E-state index in [1.807, 2.05) is 13.2 Å². The predicted octanol–water partition coefficient (Wildman–Crippen LogP) is 2.79. The van der Waals surface area contributed by atoms with Gasteiger partial charge < -0.3 is 4.90 Å². The molecule has 2 N–H and O–H groups in total. The summed E-state index contributed by atoms with van der Waals surface area (Å²) >= 11 is 0. The standard InChI is InChI=1S/C16H34N6OSSi/c1-16(2,3)25(6,7)19-24(17,23)22(15-11-18-21(5)13-15)14-9-8-10-20(4)12-14/h11,13-14H,8-10,12H2,1-7H3,(H2,17,19,23). The Labute approximate surface area is 154 Å². The van der Waals surface area contributed by atoms with E-state index in [-0.39, 0.29) is 11.1 Å². The van der Waals surface area contributed by atoms with E-state index in [9.17, 15) is 4.21 Å². The van der Waals surface area contributed by atoms with Crippen molar-refractivity contribution >= 4 is 24.0 Å². The third-order valence-electron chi connectivity index (χ3n) is 5.42. The topological polar surface area (TPSA) is 77.2 Å². The zero-order chi connectivity index (χ0) is 19.0. The Morgan fingerprint density at radius 3 is 2.52 bits per heavy atom. The van der Waals surface area contributed by atoms with Crippen molar-refractivity contribution in [1.29, 1.82) is 4.78 Å². The second-order valence-electron chi connectivity index (χ2n) is 8.76. The predicted molar refractivity (Wildman–Crippen MR) is 107 cm³/mol. The molecule has 144 valence electrons. The van der Waals surface area contributed by atoms with Gasteiger partial charge in [-0.3, -0.25) is 8.99 Å². The van der Waals surface area contributed by atoms with Crippen LogP contribution in [0, 0.1) is 4.78 Å². The van der Waals surface area contributed by atoms with Gasteiger partial charge in [0.1, 0.15) is 8.24 Å². The van der Waals surface area contributed by atoms with Gasteiger partial charge in [-0.25, -0.2) is 13.4 Å². The Balaban J connectivity index is 2.40. The molecule has 0 bridgehead atoms. The van der Waals surface area contributed by atoms with Crippen LogP contribution in [0.2, 0.25) is 18.1 Å². The minimum atomic E-state index is -3.16. The molecule has 1 saturated heterocycles. The molecule has 2 atom stereocenters. The molecule has 0 saturated carbocycles. The summed E-state index contributed by atoms with van der Waals surface area (Å²) in [5.74, 6) is 0. The Morgan fingerprint density at radius 1 is 1.40 bits per heavy atom. The van der Waals surface area contributed by atoms with Gasteiger partial charge in [0.05, 0.1) is 17.9 Å². The number of likely N-dealkylation sites (tertiary alicyclic amines) is 1. The molecule has 0 aliphatic carbocycles. The number of nitrogens with zero attached hydrogens (tertiary/aromatic N) is 4. The van der Waals surface area contributed by atoms with Crippen LogP contribution in [0.1, 0.15) is 33.6 Å². The normalized spacial score (nSPS) is 22.6. The maximum Gasteiger partial charge on any atom is 0.189 e. The van der Waals surface area contributed by atoms with E-state index >= 15 is 0 Å². The minimum Gasteiger partial charge on any atom is -0.304 e. The lowest BCUT2D eigenvalue weighted by atomic mass is 10.1. The molecule has 2 unspecified atom stereocenters. The summed E-state index contributed by atoms with van der Waals surface area (Å²) < 4.78 is 29.2. The van der Waals surface area contributed by atoms with Crippen molar-refractivity contribution < 1.29 is 4.21 Å². The summed E-state index contributed by atoms with van der Waals surface area (Å²) in [7, 11) is -1.33. The molecule has 0 amide bonds. The lowest BCUT2D eigenvalue weighted by Gasteiger charge is -2.43. The van der Waals surface area contributed by atoms with Gasteiger partial charge in [-0.15, -0.1) is 0 Å². The first-order valence-corrected chi connectivity index (χ1v) is 13.4. The highest BCUT2D eigenvalue weighted by molar-refractivity contribution is 7.93. The van der Waals surface area contributed by atoms with Gasteiger partial charge in [0.2, 0.25) is 0 Å². The van der Waals surface area contributed by atoms with Gasteiger partial charge in [-0.1, -0.05) is 33.9 Å². The smallest absolute Gasteiger partial charge is 0.189 e. The SMILES string of the molecule is CN1CCCC(N(c2cnn(C)c2)S(=N)(=O)N[Si](C)(C)C(C)(C)C)C1. The van der Waals surface area contributed by atoms with Crippen LogP contribution in [0.3, 0.4) is 0 Å². The lowest BCUT2D eigenvalue weighted by Crippen LogP contribution is -2.61. The minimum absolute atomic E-state index is 0.000669. The summed E-state index contributed by atoms with van der Waals surface area (Å²) in [6, 6.07) is 0.0465. The van der Waals surface area contributed by atoms with E-state index in [2.05, 4.69) is 55.3 Å². The largest absolute Gasteiger partial charge is 0.304 e. The second kappa shape index (κ2) is 7.01. The van der Waals surface area contributed by atoms with Gasteiger partial charge >= 0.3 is 0 Å². The van der Waals surface area contributed by atoms with Crippen molar-refractivity contribution in [2.24, 2.45) is 7.05 Å². The summed E-state index contributed by atoms with van der Waals surface area (Å²) in [5.41, 5.74) is 0.758. The van der Waals surface area contributed by atoms with Crippen LogP contribution in [0.15, 0.2) is 12.4 Å². The van der Waals surface area contributed by atoms with E-state index in [4.69, 9.17) is 4.78 Å². The van der Waals surface area contributed by atoms with Crippen molar-refractivity contribution in [1.82, 2.24) is 19.1 Å². The molecule has 2 rings (SSSR count). The van der Waals surface area contributed by atoms with Crippen LogP contribution >= 0.6 is 0 Å². The maximum absolute atomic E-state index is 13.6. The highest BCUT2D eigenvalue weighted by Crippen LogP contribution is 2.35. The third-order valence-corrected chi connectivity index (χ3v) is 13.4. The average molecular weight is 387 g/mol. The number of likely N-dealkylation sites (N-methyl/N-ethyl adjacent to an activating group) is 1. The van der Waals surface area contributed by atoms with E-state index in [0.29, 0.717) is 0 Å². The Morgan fingerprint density at radius 2 is 2.04 bits per heavy atom. The highest BCUT2D eigenvalue weighted by Gasteiger charge is 2.41. The molecule has 1 aliphatic heterocycles. The van der Waals surface area contributed by atoms with Crippen molar-refractivity contribution in [3.63, 3.8) is 0 Å². The number of aromatic nitrogens is 2. The molecule has 2 heterocycles. The fraction of sp³-hybridized carbons (Fsp3) is 0.812. The third kappa shape index (κ3) is 4.63. The van der Waals surface area contributed by atoms with Gasteiger partial charge in [-0.2, -0.15) is 5.10 Å². The molecular weight excluding hydrogens is 352 g/mol. The molecule has 1 aromatic rings. The van der Waals surface area contributed by atoms with E-state index in [1.165, 1.54) is 0 Å². The first-order chi connectivity index (χ1) is 11.3. The number of nitrogens with one attached hydrogen (secondary N) is 2. The monoisotopic (exact) mass is 386 g/mol. The number of rotatable bonds is 5. The molecule has 1 aliphatic rings. The van der Waals surface area contributed by atoms with Crippen LogP contribution < -0.4 is 8.69 Å². The van der Waals surface area contributed by atoms with Crippen molar-refractivity contribution in [3.8, 4) is 0 Å². The van der Waals surface area contributed by atoms with E-state index in [0.717, 1.165) is 31.6 Å². The van der Waals surface area contributed by atoms with Gasteiger partial charge in [0.25, 0.3) is 0 Å². The fourth-order valence-electron chi connectivity index (χ4n) is 2.97. The van der Waals surface area contributed by atoms with Crippen LogP contribution in [-0.4, -0.2) is 53.3 Å². The summed E-state index contributed by atoms with van der Waals surface area (Å²) in [6.45, 7) is 12.6. The maximum atomic E-state index is 13.6. The molecular formula is C16H34N6OSSi. The van der Waals surface area contributed by atoms with Gasteiger partial charge in [0.15, 0.2) is 10.1 Å². The summed E-state index contributed by atoms with van der Waals surface area (Å²) in [5, 5.41) is 4.25. The van der Waals surface area contributed by atoms with Crippen LogP contribution in [0.25, 0.3) is 0 Å². The van der Waals surface area contributed by atoms with Crippen molar-refractivity contribution in [2.75, 3.05) is 24.4 Å². The number of piperidine rings is 1. The first kappa shape index (κ1) is 20.4. The first-order valence-electron chi connectivity index (χ1n) is 8.88. The average Bonchev–Trinajstić information content (AvgIpc) is 2.82. The molecule has 7 nitrogen and oxygen atoms in total. The fourth-order valence-corrected chi connectivity index (χ4v) is 8.34. The molecule has 0 radical (unpaired) electrons. The quantitative estimate of drug-likeness (QED) is 0.764. The Kier molecular flexibility index (Phi) is 5.73. The molecule has 9 heteroatoms. The summed E-state index contributed by atoms with van der Waals surface area (Å²) in [4.78, 5) is 2.25. The van der Waals surface area contributed by atoms with E-state index in [1.54, 1.807) is 15.2 Å². The van der Waals surface area contributed by atoms with E-state index < -0.39 is 18.3 Å². The molecule has 1 aromatic heterocycles. The molecule has 1 fully saturated rings. The molecule has 0 aromatic carbocycles. The van der Waals surface area contributed by atoms with Crippen molar-refractivity contribution in [2.45, 2.75) is 57.8 Å². The number of aryl methyl sites for hydroxylation is 1. The van der Waals surface area contributed by atoms with Crippen molar-refractivity contribution in [3.05, 3.63) is 12.4 Å². The van der Waals surface area contributed by atoms with Crippen LogP contribution in [0.4, 0.5) is 5.69 Å².